The molecular weight excluding hydrogens is 601 g/mol. The lowest BCUT2D eigenvalue weighted by Crippen LogP contribution is -2.42. The number of nitrogens with one attached hydrogen (secondary N) is 1. The Morgan fingerprint density at radius 2 is 1.77 bits per heavy atom. The third-order valence-corrected chi connectivity index (χ3v) is 11.2. The zero-order valence-electron chi connectivity index (χ0n) is 23.1. The Kier molecular flexibility index (Phi) is 7.66. The highest BCUT2D eigenvalue weighted by atomic mass is 32.2. The molecular formula is C29H29F3N6O3S2. The number of aromatic nitrogens is 3. The Morgan fingerprint density at radius 1 is 1.07 bits per heavy atom. The van der Waals surface area contributed by atoms with E-state index in [9.17, 15) is 31.6 Å². The predicted molar refractivity (Wildman–Crippen MR) is 155 cm³/mol. The number of carbonyl (C=O) groups is 1. The summed E-state index contributed by atoms with van der Waals surface area (Å²) in [5.41, 5.74) is 1.53. The predicted octanol–water partition coefficient (Wildman–Crippen LogP) is 4.97. The number of thiazole rings is 1. The lowest BCUT2D eigenvalue weighted by molar-refractivity contribution is -0.144. The van der Waals surface area contributed by atoms with Gasteiger partial charge in [-0.05, 0) is 49.4 Å². The molecule has 2 atom stereocenters. The van der Waals surface area contributed by atoms with E-state index in [1.165, 1.54) is 17.4 Å². The van der Waals surface area contributed by atoms with E-state index in [0.717, 1.165) is 35.2 Å². The van der Waals surface area contributed by atoms with Crippen molar-refractivity contribution in [2.45, 2.75) is 56.2 Å². The molecule has 0 radical (unpaired) electrons. The first-order valence-corrected chi connectivity index (χ1v) is 16.8. The van der Waals surface area contributed by atoms with Crippen LogP contribution in [0.5, 0.6) is 0 Å². The van der Waals surface area contributed by atoms with Gasteiger partial charge in [-0.3, -0.25) is 4.79 Å². The van der Waals surface area contributed by atoms with Crippen LogP contribution in [0.4, 0.5) is 18.9 Å². The number of hydrogen-bond donors (Lipinski definition) is 1. The van der Waals surface area contributed by atoms with Crippen molar-refractivity contribution in [2.75, 3.05) is 29.5 Å². The SMILES string of the molecule is N#CC1(NC(=O)C2CCCCC2c2nc(-c3ccnc(C(F)(F)F)n3)sc2-c2ccc(N3CCS(=O)(=O)CC3)cc2)CC1. The molecule has 2 aromatic heterocycles. The highest BCUT2D eigenvalue weighted by Crippen LogP contribution is 2.46. The number of carbonyl (C=O) groups excluding carboxylic acids is 1. The van der Waals surface area contributed by atoms with Gasteiger partial charge in [-0.25, -0.2) is 23.4 Å². The fourth-order valence-electron chi connectivity index (χ4n) is 5.80. The smallest absolute Gasteiger partial charge is 0.369 e. The van der Waals surface area contributed by atoms with Gasteiger partial charge in [0, 0.05) is 36.8 Å². The van der Waals surface area contributed by atoms with Gasteiger partial charge in [0.05, 0.1) is 28.1 Å². The Labute approximate surface area is 251 Å². The minimum absolute atomic E-state index is 0.0456. The summed E-state index contributed by atoms with van der Waals surface area (Å²) >= 11 is 1.22. The van der Waals surface area contributed by atoms with Crippen LogP contribution in [0.15, 0.2) is 36.5 Å². The van der Waals surface area contributed by atoms with Gasteiger partial charge in [0.15, 0.2) is 9.84 Å². The van der Waals surface area contributed by atoms with Gasteiger partial charge < -0.3 is 10.2 Å². The van der Waals surface area contributed by atoms with Gasteiger partial charge in [0.2, 0.25) is 11.7 Å². The highest BCUT2D eigenvalue weighted by molar-refractivity contribution is 7.91. The number of nitriles is 1. The summed E-state index contributed by atoms with van der Waals surface area (Å²) in [7, 11) is -3.03. The van der Waals surface area contributed by atoms with E-state index in [1.807, 2.05) is 29.2 Å². The molecule has 1 aromatic carbocycles. The van der Waals surface area contributed by atoms with Crippen LogP contribution in [-0.2, 0) is 20.8 Å². The molecule has 43 heavy (non-hydrogen) atoms. The molecule has 0 bridgehead atoms. The minimum Gasteiger partial charge on any atom is -0.369 e. The van der Waals surface area contributed by atoms with E-state index in [0.29, 0.717) is 49.5 Å². The number of halogens is 3. The summed E-state index contributed by atoms with van der Waals surface area (Å²) < 4.78 is 64.0. The molecule has 6 rings (SSSR count). The monoisotopic (exact) mass is 630 g/mol. The molecule has 226 valence electrons. The van der Waals surface area contributed by atoms with E-state index in [2.05, 4.69) is 21.4 Å². The zero-order valence-corrected chi connectivity index (χ0v) is 24.7. The normalized spacial score (nSPS) is 22.9. The fourth-order valence-corrected chi connectivity index (χ4v) is 8.11. The largest absolute Gasteiger partial charge is 0.451 e. The second-order valence-corrected chi connectivity index (χ2v) is 14.7. The maximum atomic E-state index is 13.5. The molecule has 9 nitrogen and oxygen atoms in total. The lowest BCUT2D eigenvalue weighted by atomic mass is 9.76. The number of alkyl halides is 3. The molecule has 3 heterocycles. The van der Waals surface area contributed by atoms with Crippen LogP contribution < -0.4 is 10.2 Å². The maximum Gasteiger partial charge on any atom is 0.451 e. The molecule has 1 aliphatic heterocycles. The molecule has 0 spiro atoms. The van der Waals surface area contributed by atoms with Gasteiger partial charge in [0.25, 0.3) is 0 Å². The zero-order chi connectivity index (χ0) is 30.4. The van der Waals surface area contributed by atoms with Crippen LogP contribution in [-0.4, -0.2) is 59.4 Å². The van der Waals surface area contributed by atoms with Crippen LogP contribution in [0.25, 0.3) is 21.1 Å². The minimum atomic E-state index is -4.71. The summed E-state index contributed by atoms with van der Waals surface area (Å²) in [5, 5.41) is 12.8. The van der Waals surface area contributed by atoms with Gasteiger partial charge in [-0.1, -0.05) is 25.0 Å². The Bertz CT molecular complexity index is 1670. The molecule has 3 fully saturated rings. The van der Waals surface area contributed by atoms with Crippen molar-refractivity contribution >= 4 is 32.8 Å². The second kappa shape index (κ2) is 11.2. The number of nitrogens with zero attached hydrogens (tertiary/aromatic N) is 5. The first-order chi connectivity index (χ1) is 20.5. The summed E-state index contributed by atoms with van der Waals surface area (Å²) in [6, 6.07) is 11.2. The number of amides is 1. The van der Waals surface area contributed by atoms with E-state index >= 15 is 0 Å². The first-order valence-electron chi connectivity index (χ1n) is 14.2. The lowest BCUT2D eigenvalue weighted by Gasteiger charge is -2.31. The van der Waals surface area contributed by atoms with E-state index in [4.69, 9.17) is 4.98 Å². The van der Waals surface area contributed by atoms with E-state index < -0.39 is 33.3 Å². The second-order valence-electron chi connectivity index (χ2n) is 11.4. The Hall–Kier alpha value is -3.57. The highest BCUT2D eigenvalue weighted by Gasteiger charge is 2.47. The van der Waals surface area contributed by atoms with E-state index in [1.54, 1.807) is 0 Å². The van der Waals surface area contributed by atoms with Crippen molar-refractivity contribution < 1.29 is 26.4 Å². The topological polar surface area (TPSA) is 129 Å². The molecule has 2 unspecified atom stereocenters. The quantitative estimate of drug-likeness (QED) is 0.405. The number of rotatable bonds is 6. The van der Waals surface area contributed by atoms with Gasteiger partial charge in [0.1, 0.15) is 16.2 Å². The van der Waals surface area contributed by atoms with E-state index in [-0.39, 0.29) is 29.0 Å². The van der Waals surface area contributed by atoms with Crippen LogP contribution in [0.3, 0.4) is 0 Å². The van der Waals surface area contributed by atoms with Crippen molar-refractivity contribution in [1.82, 2.24) is 20.3 Å². The van der Waals surface area contributed by atoms with Crippen LogP contribution in [0.1, 0.15) is 56.0 Å². The van der Waals surface area contributed by atoms with Gasteiger partial charge in [-0.15, -0.1) is 11.3 Å². The number of sulfone groups is 1. The molecule has 2 aliphatic carbocycles. The van der Waals surface area contributed by atoms with Crippen molar-refractivity contribution in [3.05, 3.63) is 48.0 Å². The first kappa shape index (κ1) is 29.5. The number of benzene rings is 1. The Morgan fingerprint density at radius 3 is 2.42 bits per heavy atom. The average molecular weight is 631 g/mol. The molecule has 3 aliphatic rings. The van der Waals surface area contributed by atoms with Crippen LogP contribution in [0.2, 0.25) is 0 Å². The maximum absolute atomic E-state index is 13.5. The summed E-state index contributed by atoms with van der Waals surface area (Å²) in [6.45, 7) is 0.798. The number of hydrogen-bond acceptors (Lipinski definition) is 9. The van der Waals surface area contributed by atoms with Crippen LogP contribution >= 0.6 is 11.3 Å². The summed E-state index contributed by atoms with van der Waals surface area (Å²) in [4.78, 5) is 28.2. The van der Waals surface area contributed by atoms with Crippen molar-refractivity contribution in [1.29, 1.82) is 5.26 Å². The standard InChI is InChI=1S/C29H29F3N6O3S2/c30-29(31,32)27-34-12-9-22(35-27)26-36-23(20-3-1-2-4-21(20)25(39)37-28(17-33)10-11-28)24(42-26)18-5-7-19(8-6-18)38-13-15-43(40,41)16-14-38/h5-9,12,20-21H,1-4,10-11,13-16H2,(H,37,39). The third kappa shape index (κ3) is 6.24. The molecule has 3 aromatic rings. The van der Waals surface area contributed by atoms with Gasteiger partial charge >= 0.3 is 6.18 Å². The third-order valence-electron chi connectivity index (χ3n) is 8.40. The van der Waals surface area contributed by atoms with Gasteiger partial charge in [-0.2, -0.15) is 18.4 Å². The molecule has 2 saturated carbocycles. The average Bonchev–Trinajstić information content (AvgIpc) is 3.63. The van der Waals surface area contributed by atoms with Crippen molar-refractivity contribution in [3.8, 4) is 27.2 Å². The number of anilines is 1. The molecule has 1 N–H and O–H groups in total. The molecule has 1 saturated heterocycles. The fraction of sp³-hybridized carbons (Fsp3) is 0.483. The van der Waals surface area contributed by atoms with Crippen molar-refractivity contribution in [2.24, 2.45) is 5.92 Å². The molecule has 14 heteroatoms. The molecule has 1 amide bonds. The Balaban J connectivity index is 1.37. The summed E-state index contributed by atoms with van der Waals surface area (Å²) in [6.07, 6.45) is 0.585. The summed E-state index contributed by atoms with van der Waals surface area (Å²) in [5.74, 6) is -1.99. The van der Waals surface area contributed by atoms with Crippen LogP contribution in [0, 0.1) is 17.2 Å². The van der Waals surface area contributed by atoms with Crippen molar-refractivity contribution in [3.63, 3.8) is 0 Å².